The lowest BCUT2D eigenvalue weighted by atomic mass is 10.1. The van der Waals surface area contributed by atoms with Crippen LogP contribution in [-0.2, 0) is 4.79 Å². The molecule has 0 fully saturated rings. The first-order chi connectivity index (χ1) is 11.1. The Labute approximate surface area is 143 Å². The van der Waals surface area contributed by atoms with Gasteiger partial charge < -0.3 is 5.32 Å². The van der Waals surface area contributed by atoms with Gasteiger partial charge >= 0.3 is 0 Å². The number of nitrogens with one attached hydrogen (secondary N) is 1. The Kier molecular flexibility index (Phi) is 6.48. The van der Waals surface area contributed by atoms with Gasteiger partial charge in [-0.3, -0.25) is 4.79 Å². The van der Waals surface area contributed by atoms with Crippen molar-refractivity contribution in [3.63, 3.8) is 0 Å². The molecule has 1 amide bonds. The Bertz CT molecular complexity index is 659. The molecule has 2 aromatic rings. The van der Waals surface area contributed by atoms with Gasteiger partial charge in [-0.1, -0.05) is 60.7 Å². The maximum atomic E-state index is 12.3. The summed E-state index contributed by atoms with van der Waals surface area (Å²) in [7, 11) is 0. The highest BCUT2D eigenvalue weighted by Crippen LogP contribution is 2.21. The zero-order valence-corrected chi connectivity index (χ0v) is 14.7. The zero-order valence-electron chi connectivity index (χ0n) is 13.9. The Morgan fingerprint density at radius 3 is 2.39 bits per heavy atom. The molecule has 1 N–H and O–H groups in total. The van der Waals surface area contributed by atoms with Crippen molar-refractivity contribution in [1.29, 1.82) is 0 Å². The van der Waals surface area contributed by atoms with E-state index in [-0.39, 0.29) is 11.2 Å². The van der Waals surface area contributed by atoms with E-state index in [2.05, 4.69) is 29.6 Å². The molecule has 0 aliphatic rings. The van der Waals surface area contributed by atoms with Gasteiger partial charge in [0.1, 0.15) is 0 Å². The van der Waals surface area contributed by atoms with E-state index >= 15 is 0 Å². The first-order valence-electron chi connectivity index (χ1n) is 7.78. The molecule has 0 aliphatic carbocycles. The van der Waals surface area contributed by atoms with Gasteiger partial charge in [-0.15, -0.1) is 11.8 Å². The van der Waals surface area contributed by atoms with E-state index in [0.717, 1.165) is 22.6 Å². The van der Waals surface area contributed by atoms with Gasteiger partial charge in [-0.2, -0.15) is 0 Å². The highest BCUT2D eigenvalue weighted by molar-refractivity contribution is 8.00. The number of rotatable bonds is 6. The van der Waals surface area contributed by atoms with E-state index < -0.39 is 0 Å². The summed E-state index contributed by atoms with van der Waals surface area (Å²) in [4.78, 5) is 12.3. The molecular formula is C20H23NOS. The first kappa shape index (κ1) is 17.4. The minimum atomic E-state index is -0.0885. The lowest BCUT2D eigenvalue weighted by molar-refractivity contribution is -0.115. The monoisotopic (exact) mass is 325 g/mol. The third-order valence-corrected chi connectivity index (χ3v) is 4.75. The van der Waals surface area contributed by atoms with Crippen LogP contribution in [0, 0.1) is 13.8 Å². The third-order valence-electron chi connectivity index (χ3n) is 3.65. The SMILES string of the molecule is Cc1cccc(C)c1NC(=O)[C@H](C)SC/C=C\c1ccccc1. The number of amides is 1. The van der Waals surface area contributed by atoms with Crippen LogP contribution in [0.4, 0.5) is 5.69 Å². The summed E-state index contributed by atoms with van der Waals surface area (Å²) in [5.74, 6) is 0.872. The number of hydrogen-bond donors (Lipinski definition) is 1. The molecule has 2 nitrogen and oxygen atoms in total. The average molecular weight is 325 g/mol. The molecule has 0 aliphatic heterocycles. The predicted octanol–water partition coefficient (Wildman–Crippen LogP) is 5.08. The fourth-order valence-electron chi connectivity index (χ4n) is 2.26. The van der Waals surface area contributed by atoms with Crippen molar-refractivity contribution in [3.8, 4) is 0 Å². The topological polar surface area (TPSA) is 29.1 Å². The van der Waals surface area contributed by atoms with E-state index in [0.29, 0.717) is 0 Å². The molecule has 0 unspecified atom stereocenters. The van der Waals surface area contributed by atoms with E-state index in [1.54, 1.807) is 11.8 Å². The predicted molar refractivity (Wildman–Crippen MR) is 102 cm³/mol. The van der Waals surface area contributed by atoms with Crippen LogP contribution < -0.4 is 5.32 Å². The molecule has 3 heteroatoms. The summed E-state index contributed by atoms with van der Waals surface area (Å²) in [6, 6.07) is 16.2. The maximum Gasteiger partial charge on any atom is 0.237 e. The Balaban J connectivity index is 1.85. The summed E-state index contributed by atoms with van der Waals surface area (Å²) in [5, 5.41) is 2.96. The Morgan fingerprint density at radius 1 is 1.09 bits per heavy atom. The van der Waals surface area contributed by atoms with Crippen LogP contribution in [0.15, 0.2) is 54.6 Å². The number of benzene rings is 2. The fourth-order valence-corrected chi connectivity index (χ4v) is 2.97. The van der Waals surface area contributed by atoms with Crippen molar-refractivity contribution in [2.24, 2.45) is 0 Å². The first-order valence-corrected chi connectivity index (χ1v) is 8.83. The number of carbonyl (C=O) groups excluding carboxylic acids is 1. The molecule has 2 rings (SSSR count). The van der Waals surface area contributed by atoms with Crippen LogP contribution in [0.2, 0.25) is 0 Å². The van der Waals surface area contributed by atoms with Crippen molar-refractivity contribution < 1.29 is 4.79 Å². The fraction of sp³-hybridized carbons (Fsp3) is 0.250. The largest absolute Gasteiger partial charge is 0.325 e. The quantitative estimate of drug-likeness (QED) is 0.802. The number of thioether (sulfide) groups is 1. The van der Waals surface area contributed by atoms with Gasteiger partial charge in [0.05, 0.1) is 5.25 Å². The summed E-state index contributed by atoms with van der Waals surface area (Å²) < 4.78 is 0. The second-order valence-electron chi connectivity index (χ2n) is 5.54. The van der Waals surface area contributed by atoms with Crippen LogP contribution >= 0.6 is 11.8 Å². The maximum absolute atomic E-state index is 12.3. The van der Waals surface area contributed by atoms with Crippen molar-refractivity contribution in [1.82, 2.24) is 0 Å². The Morgan fingerprint density at radius 2 is 1.74 bits per heavy atom. The van der Waals surface area contributed by atoms with Crippen LogP contribution in [0.5, 0.6) is 0 Å². The van der Waals surface area contributed by atoms with Gasteiger partial charge in [0.25, 0.3) is 0 Å². The van der Waals surface area contributed by atoms with Crippen LogP contribution in [0.25, 0.3) is 6.08 Å². The molecule has 0 bridgehead atoms. The number of hydrogen-bond acceptors (Lipinski definition) is 2. The van der Waals surface area contributed by atoms with Gasteiger partial charge in [0, 0.05) is 11.4 Å². The minimum Gasteiger partial charge on any atom is -0.325 e. The van der Waals surface area contributed by atoms with Gasteiger partial charge in [0.2, 0.25) is 5.91 Å². The van der Waals surface area contributed by atoms with Crippen LogP contribution in [0.3, 0.4) is 0 Å². The number of aryl methyl sites for hydroxylation is 2. The molecule has 0 saturated heterocycles. The van der Waals surface area contributed by atoms with E-state index in [1.807, 2.05) is 57.2 Å². The summed E-state index contributed by atoms with van der Waals surface area (Å²) in [6.07, 6.45) is 4.19. The number of anilines is 1. The molecule has 23 heavy (non-hydrogen) atoms. The van der Waals surface area contributed by atoms with Crippen molar-refractivity contribution in [3.05, 3.63) is 71.3 Å². The second-order valence-corrected chi connectivity index (χ2v) is 6.92. The average Bonchev–Trinajstić information content (AvgIpc) is 2.55. The normalized spacial score (nSPS) is 12.3. The van der Waals surface area contributed by atoms with Crippen molar-refractivity contribution in [2.45, 2.75) is 26.0 Å². The molecule has 1 atom stereocenters. The summed E-state index contributed by atoms with van der Waals surface area (Å²) in [6.45, 7) is 5.98. The summed E-state index contributed by atoms with van der Waals surface area (Å²) >= 11 is 1.64. The van der Waals surface area contributed by atoms with E-state index in [9.17, 15) is 4.79 Å². The lowest BCUT2D eigenvalue weighted by Gasteiger charge is -2.14. The molecule has 2 aromatic carbocycles. The molecular weight excluding hydrogens is 302 g/mol. The highest BCUT2D eigenvalue weighted by Gasteiger charge is 2.14. The van der Waals surface area contributed by atoms with Gasteiger partial charge in [-0.25, -0.2) is 0 Å². The summed E-state index contributed by atoms with van der Waals surface area (Å²) in [5.41, 5.74) is 4.31. The molecule has 0 saturated carbocycles. The van der Waals surface area contributed by atoms with Crippen LogP contribution in [-0.4, -0.2) is 16.9 Å². The molecule has 0 aromatic heterocycles. The van der Waals surface area contributed by atoms with Crippen molar-refractivity contribution in [2.75, 3.05) is 11.1 Å². The smallest absolute Gasteiger partial charge is 0.237 e. The van der Waals surface area contributed by atoms with Crippen molar-refractivity contribution >= 4 is 29.4 Å². The molecule has 0 radical (unpaired) electrons. The molecule has 120 valence electrons. The standard InChI is InChI=1S/C20H23NOS/c1-15-9-7-10-16(2)19(15)21-20(22)17(3)23-14-8-13-18-11-5-4-6-12-18/h4-13,17H,14H2,1-3H3,(H,21,22)/b13-8-/t17-/m0/s1. The van der Waals surface area contributed by atoms with Crippen LogP contribution in [0.1, 0.15) is 23.6 Å². The third kappa shape index (κ3) is 5.29. The molecule has 0 heterocycles. The molecule has 0 spiro atoms. The second kappa shape index (κ2) is 8.59. The van der Waals surface area contributed by atoms with Gasteiger partial charge in [0.15, 0.2) is 0 Å². The number of para-hydroxylation sites is 1. The van der Waals surface area contributed by atoms with Gasteiger partial charge in [-0.05, 0) is 37.5 Å². The van der Waals surface area contributed by atoms with E-state index in [1.165, 1.54) is 5.56 Å². The zero-order chi connectivity index (χ0) is 16.7. The van der Waals surface area contributed by atoms with E-state index in [4.69, 9.17) is 0 Å². The Hall–Kier alpha value is -2.00. The minimum absolute atomic E-state index is 0.0560. The lowest BCUT2D eigenvalue weighted by Crippen LogP contribution is -2.23. The number of carbonyl (C=O) groups is 1. The highest BCUT2D eigenvalue weighted by atomic mass is 32.2.